The van der Waals surface area contributed by atoms with Gasteiger partial charge in [-0.25, -0.2) is 0 Å². The molecule has 0 amide bonds. The fraction of sp³-hybridized carbons (Fsp3) is 0.0714. The first kappa shape index (κ1) is 43.0. The number of ether oxygens (including phenoxy) is 1. The van der Waals surface area contributed by atoms with Crippen LogP contribution in [0.25, 0.3) is 22.8 Å². The van der Waals surface area contributed by atoms with Crippen LogP contribution in [0.5, 0.6) is 5.75 Å². The van der Waals surface area contributed by atoms with Gasteiger partial charge >= 0.3 is 52.5 Å². The van der Waals surface area contributed by atoms with Gasteiger partial charge in [0.05, 0.1) is 35.2 Å². The van der Waals surface area contributed by atoms with Crippen LogP contribution in [0.1, 0.15) is 0 Å². The van der Waals surface area contributed by atoms with Gasteiger partial charge in [0.1, 0.15) is 17.1 Å². The maximum atomic E-state index is 10.1. The number of hydrogen-bond donors (Lipinski definition) is 0. The molecule has 0 fully saturated rings. The van der Waals surface area contributed by atoms with Crippen LogP contribution in [0, 0.1) is 9.81 Å². The van der Waals surface area contributed by atoms with Crippen LogP contribution in [-0.4, -0.2) is 32.4 Å². The van der Waals surface area contributed by atoms with E-state index in [0.717, 1.165) is 22.8 Å². The molecule has 1 aromatic carbocycles. The summed E-state index contributed by atoms with van der Waals surface area (Å²) in [4.78, 5) is 37.0. The second-order valence-electron chi connectivity index (χ2n) is 7.96. The van der Waals surface area contributed by atoms with Crippen molar-refractivity contribution in [2.45, 2.75) is 0 Å². The van der Waals surface area contributed by atoms with E-state index in [2.05, 4.69) is 30.3 Å². The molecule has 0 aliphatic carbocycles. The summed E-state index contributed by atoms with van der Waals surface area (Å²) in [5.41, 5.74) is 3.67. The van der Waals surface area contributed by atoms with Crippen molar-refractivity contribution in [3.8, 4) is 28.5 Å². The average Bonchev–Trinajstić information content (AvgIpc) is 3.05. The Morgan fingerprint density at radius 3 is 1.11 bits per heavy atom. The molecule has 5 aromatic rings. The molecule has 0 spiro atoms. The van der Waals surface area contributed by atoms with Crippen molar-refractivity contribution in [1.29, 1.82) is 0 Å². The summed E-state index contributed by atoms with van der Waals surface area (Å²) in [7, 11) is -9.20. The first-order valence-electron chi connectivity index (χ1n) is 12.3. The van der Waals surface area contributed by atoms with Gasteiger partial charge in [0.25, 0.3) is 0 Å². The number of rotatable bonds is 5. The van der Waals surface area contributed by atoms with Crippen LogP contribution in [0.4, 0.5) is 36.6 Å². The van der Waals surface area contributed by atoms with Crippen LogP contribution < -0.4 is 4.74 Å². The number of hydrogen-bond acceptors (Lipinski definition) is 9. The van der Waals surface area contributed by atoms with E-state index in [9.17, 15) is 35.0 Å². The third-order valence-corrected chi connectivity index (χ3v) is 4.56. The Labute approximate surface area is 287 Å². The van der Waals surface area contributed by atoms with Crippen molar-refractivity contribution in [2.24, 2.45) is 10.4 Å². The first-order chi connectivity index (χ1) is 21.6. The summed E-state index contributed by atoms with van der Waals surface area (Å²) in [6, 6.07) is 27.5. The number of methoxy groups -OCH3 is 1. The van der Waals surface area contributed by atoms with E-state index >= 15 is 0 Å². The number of nitroso groups, excluding NO2 is 2. The fourth-order valence-corrected chi connectivity index (χ4v) is 2.84. The second kappa shape index (κ2) is 20.3. The van der Waals surface area contributed by atoms with Gasteiger partial charge in [-0.05, 0) is 71.0 Å². The Hall–Kier alpha value is -3.97. The molecular formula is C28H24Cl2F6N6O3PRu. The van der Waals surface area contributed by atoms with Gasteiger partial charge in [-0.1, -0.05) is 24.3 Å². The van der Waals surface area contributed by atoms with E-state index in [1.807, 2.05) is 72.8 Å². The molecule has 253 valence electrons. The van der Waals surface area contributed by atoms with Crippen LogP contribution in [0.2, 0.25) is 0 Å². The summed E-state index contributed by atoms with van der Waals surface area (Å²) in [5.74, 6) is 0.469. The fourth-order valence-electron chi connectivity index (χ4n) is 2.84. The number of benzene rings is 1. The maximum absolute atomic E-state index is 10.7. The van der Waals surface area contributed by atoms with E-state index < -0.39 is 7.81 Å². The van der Waals surface area contributed by atoms with Crippen molar-refractivity contribution in [3.05, 3.63) is 126 Å². The minimum atomic E-state index is -10.7. The number of halogens is 8. The molecule has 5 rings (SSSR count). The average molecular weight is 809 g/mol. The number of alkyl halides is 2. The summed E-state index contributed by atoms with van der Waals surface area (Å²) in [6.07, 6.45) is 7.07. The number of nitrogens with zero attached hydrogens (tertiary/aromatic N) is 6. The summed E-state index contributed by atoms with van der Waals surface area (Å²) < 4.78 is 64.0. The van der Waals surface area contributed by atoms with Crippen LogP contribution >= 0.6 is 31.0 Å². The van der Waals surface area contributed by atoms with E-state index in [0.29, 0.717) is 5.75 Å². The summed E-state index contributed by atoms with van der Waals surface area (Å²) >= 11 is 9.53. The second-order valence-corrected chi connectivity index (χ2v) is 10.7. The molecule has 0 saturated carbocycles. The predicted molar refractivity (Wildman–Crippen MR) is 169 cm³/mol. The van der Waals surface area contributed by atoms with Crippen molar-refractivity contribution in [3.63, 3.8) is 0 Å². The van der Waals surface area contributed by atoms with Gasteiger partial charge in [-0.15, -0.1) is 33.0 Å². The predicted octanol–water partition coefficient (Wildman–Crippen LogP) is 11.6. The topological polar surface area (TPSA) is 120 Å². The molecule has 0 aliphatic heterocycles. The van der Waals surface area contributed by atoms with Crippen molar-refractivity contribution in [2.75, 3.05) is 12.4 Å². The molecule has 0 N–H and O–H groups in total. The third-order valence-electron chi connectivity index (χ3n) is 4.56. The zero-order chi connectivity index (χ0) is 34.5. The zero-order valence-electron chi connectivity index (χ0n) is 23.9. The Kier molecular flexibility index (Phi) is 18.6. The quantitative estimate of drug-likeness (QED) is 0.0570. The SMILES string of the molecule is COc1ccc(N=O)c(N=O)c1.ClCCl.F[P-](F)(F)(F)(F)F.[Ru+].c1ccc(-c2ccccn2)nc1.c1ccc(-c2ccccn2)nc1. The molecule has 1 radical (unpaired) electrons. The Morgan fingerprint density at radius 2 is 0.894 bits per heavy atom. The first-order valence-corrected chi connectivity index (χ1v) is 15.4. The third kappa shape index (κ3) is 22.2. The van der Waals surface area contributed by atoms with Gasteiger partial charge in [0, 0.05) is 30.9 Å². The monoisotopic (exact) mass is 809 g/mol. The van der Waals surface area contributed by atoms with Gasteiger partial charge in [-0.2, -0.15) is 0 Å². The molecule has 0 saturated heterocycles. The van der Waals surface area contributed by atoms with Gasteiger partial charge in [0.2, 0.25) is 0 Å². The van der Waals surface area contributed by atoms with Crippen LogP contribution in [0.15, 0.2) is 126 Å². The molecule has 0 aliphatic rings. The smallest absolute Gasteiger partial charge is 0.255 e. The van der Waals surface area contributed by atoms with E-state index in [1.165, 1.54) is 25.3 Å². The molecular weight excluding hydrogens is 785 g/mol. The molecule has 0 bridgehead atoms. The van der Waals surface area contributed by atoms with Crippen molar-refractivity contribution in [1.82, 2.24) is 19.9 Å². The molecule has 47 heavy (non-hydrogen) atoms. The standard InChI is InChI=1S/2C10H8N2.C7H6N2O3.CH2Cl2.F6P.Ru/c2*1-3-7-11-9(5-1)10-6-2-4-8-12-10;1-12-5-2-3-6(8-10)7(4-5)9-11;2-1-3;1-7(2,3,4,5)6;/h2*1-8H;2-4H,1H3;1H2;;/q;;;;-1;+1. The number of aromatic nitrogens is 4. The van der Waals surface area contributed by atoms with Crippen LogP contribution in [-0.2, 0) is 19.5 Å². The maximum Gasteiger partial charge on any atom is 1.00 e. The largest absolute Gasteiger partial charge is 1.00 e. The molecule has 0 atom stereocenters. The van der Waals surface area contributed by atoms with Gasteiger partial charge in [-0.3, -0.25) is 19.9 Å². The molecule has 0 unspecified atom stereocenters. The van der Waals surface area contributed by atoms with Gasteiger partial charge in [0.15, 0.2) is 0 Å². The number of pyridine rings is 4. The molecule has 4 heterocycles. The van der Waals surface area contributed by atoms with Crippen LogP contribution in [0.3, 0.4) is 0 Å². The van der Waals surface area contributed by atoms with Crippen molar-refractivity contribution < 1.29 is 49.4 Å². The molecule has 19 heteroatoms. The Balaban J connectivity index is 0.000000589. The molecule has 9 nitrogen and oxygen atoms in total. The summed E-state index contributed by atoms with van der Waals surface area (Å²) in [6.45, 7) is 0. The minimum Gasteiger partial charge on any atom is -0.255 e. The van der Waals surface area contributed by atoms with Crippen molar-refractivity contribution >= 4 is 42.4 Å². The van der Waals surface area contributed by atoms with E-state index in [-0.39, 0.29) is 36.2 Å². The Bertz CT molecular complexity index is 1450. The molecule has 4 aromatic heterocycles. The Morgan fingerprint density at radius 1 is 0.596 bits per heavy atom. The zero-order valence-corrected chi connectivity index (χ0v) is 28.1. The van der Waals surface area contributed by atoms with E-state index in [1.54, 1.807) is 24.8 Å². The normalized spacial score (nSPS) is 11.1. The summed E-state index contributed by atoms with van der Waals surface area (Å²) in [5, 5.41) is 5.44. The van der Waals surface area contributed by atoms with Gasteiger partial charge < -0.3 is 4.74 Å². The minimum absolute atomic E-state index is 0. The van der Waals surface area contributed by atoms with E-state index in [4.69, 9.17) is 27.9 Å².